The summed E-state index contributed by atoms with van der Waals surface area (Å²) in [5, 5.41) is 11.5. The molecule has 0 bridgehead atoms. The molecule has 6 nitrogen and oxygen atoms in total. The van der Waals surface area contributed by atoms with Crippen LogP contribution in [0.1, 0.15) is 33.1 Å². The molecule has 1 amide bonds. The molecule has 1 aromatic rings. The largest absolute Gasteiger partial charge is 0.490 e. The lowest BCUT2D eigenvalue weighted by molar-refractivity contribution is -0.137. The highest BCUT2D eigenvalue weighted by Crippen LogP contribution is 2.26. The van der Waals surface area contributed by atoms with Gasteiger partial charge in [-0.3, -0.25) is 9.59 Å². The zero-order chi connectivity index (χ0) is 16.4. The Morgan fingerprint density at radius 1 is 1.18 bits per heavy atom. The Morgan fingerprint density at radius 3 is 2.36 bits per heavy atom. The summed E-state index contributed by atoms with van der Waals surface area (Å²) >= 11 is 0. The Bertz CT molecular complexity index is 489. The minimum atomic E-state index is -0.929. The Morgan fingerprint density at radius 2 is 1.82 bits per heavy atom. The van der Waals surface area contributed by atoms with Crippen LogP contribution in [0, 0.1) is 0 Å². The summed E-state index contributed by atoms with van der Waals surface area (Å²) in [5.41, 5.74) is 0. The fraction of sp³-hybridized carbons (Fsp3) is 0.500. The molecule has 0 aliphatic heterocycles. The van der Waals surface area contributed by atoms with Gasteiger partial charge in [-0.2, -0.15) is 0 Å². The number of carbonyl (C=O) groups is 2. The van der Waals surface area contributed by atoms with Gasteiger partial charge >= 0.3 is 5.97 Å². The monoisotopic (exact) mass is 309 g/mol. The van der Waals surface area contributed by atoms with Crippen LogP contribution in [0.5, 0.6) is 11.5 Å². The number of ether oxygens (including phenoxy) is 2. The lowest BCUT2D eigenvalue weighted by Gasteiger charge is -2.17. The molecule has 2 N–H and O–H groups in total. The van der Waals surface area contributed by atoms with Crippen molar-refractivity contribution in [2.45, 2.75) is 39.2 Å². The molecule has 0 fully saturated rings. The third-order valence-corrected chi connectivity index (χ3v) is 2.93. The van der Waals surface area contributed by atoms with Crippen LogP contribution in [0.4, 0.5) is 0 Å². The zero-order valence-corrected chi connectivity index (χ0v) is 13.0. The molecular formula is C16H23NO5. The molecule has 122 valence electrons. The second kappa shape index (κ2) is 9.65. The van der Waals surface area contributed by atoms with Crippen LogP contribution in [-0.2, 0) is 9.59 Å². The number of rotatable bonds is 10. The molecule has 0 heterocycles. The molecule has 1 atom stereocenters. The molecule has 0 radical (unpaired) electrons. The van der Waals surface area contributed by atoms with Crippen molar-refractivity contribution in [2.75, 3.05) is 13.2 Å². The van der Waals surface area contributed by atoms with Gasteiger partial charge in [-0.15, -0.1) is 0 Å². The molecule has 0 aliphatic carbocycles. The number of carboxylic acids is 1. The first kappa shape index (κ1) is 17.8. The molecular weight excluding hydrogens is 286 g/mol. The van der Waals surface area contributed by atoms with Gasteiger partial charge < -0.3 is 19.9 Å². The van der Waals surface area contributed by atoms with E-state index in [9.17, 15) is 9.59 Å². The first-order valence-corrected chi connectivity index (χ1v) is 7.42. The van der Waals surface area contributed by atoms with Gasteiger partial charge in [-0.25, -0.2) is 0 Å². The number of carbonyl (C=O) groups excluding carboxylic acids is 1. The van der Waals surface area contributed by atoms with E-state index < -0.39 is 5.97 Å². The molecule has 6 heteroatoms. The Balaban J connectivity index is 2.52. The van der Waals surface area contributed by atoms with Gasteiger partial charge in [0.2, 0.25) is 0 Å². The van der Waals surface area contributed by atoms with E-state index in [0.29, 0.717) is 24.5 Å². The Labute approximate surface area is 130 Å². The van der Waals surface area contributed by atoms with Crippen molar-refractivity contribution in [3.8, 4) is 11.5 Å². The second-order valence-corrected chi connectivity index (χ2v) is 4.82. The van der Waals surface area contributed by atoms with Gasteiger partial charge in [-0.05, 0) is 25.5 Å². The van der Waals surface area contributed by atoms with E-state index in [1.807, 2.05) is 19.9 Å². The first-order valence-electron chi connectivity index (χ1n) is 7.42. The van der Waals surface area contributed by atoms with Crippen LogP contribution in [0.15, 0.2) is 24.3 Å². The van der Waals surface area contributed by atoms with Crippen LogP contribution in [0.3, 0.4) is 0 Å². The van der Waals surface area contributed by atoms with Crippen molar-refractivity contribution in [1.29, 1.82) is 0 Å². The maximum absolute atomic E-state index is 11.9. The molecule has 0 saturated heterocycles. The van der Waals surface area contributed by atoms with Gasteiger partial charge in [0.15, 0.2) is 18.1 Å². The number of nitrogens with one attached hydrogen (secondary N) is 1. The van der Waals surface area contributed by atoms with Gasteiger partial charge in [0, 0.05) is 6.04 Å². The van der Waals surface area contributed by atoms with Crippen molar-refractivity contribution in [3.63, 3.8) is 0 Å². The highest BCUT2D eigenvalue weighted by atomic mass is 16.5. The fourth-order valence-electron chi connectivity index (χ4n) is 2.04. The summed E-state index contributed by atoms with van der Waals surface area (Å²) in [6.45, 7) is 4.13. The van der Waals surface area contributed by atoms with E-state index >= 15 is 0 Å². The van der Waals surface area contributed by atoms with Crippen molar-refractivity contribution >= 4 is 11.9 Å². The predicted octanol–water partition coefficient (Wildman–Crippen LogP) is 2.22. The molecule has 0 saturated carbocycles. The number of para-hydroxylation sites is 2. The summed E-state index contributed by atoms with van der Waals surface area (Å²) in [6.07, 6.45) is 1.33. The van der Waals surface area contributed by atoms with E-state index in [1.165, 1.54) is 0 Å². The summed E-state index contributed by atoms with van der Waals surface area (Å²) in [4.78, 5) is 22.6. The van der Waals surface area contributed by atoms with Gasteiger partial charge in [0.1, 0.15) is 0 Å². The first-order chi connectivity index (χ1) is 10.6. The van der Waals surface area contributed by atoms with E-state index in [-0.39, 0.29) is 25.0 Å². The molecule has 0 unspecified atom stereocenters. The van der Waals surface area contributed by atoms with E-state index in [1.54, 1.807) is 18.2 Å². The quantitative estimate of drug-likeness (QED) is 0.692. The molecule has 0 spiro atoms. The summed E-state index contributed by atoms with van der Waals surface area (Å²) < 4.78 is 10.9. The maximum Gasteiger partial charge on any atom is 0.305 e. The topological polar surface area (TPSA) is 84.9 Å². The van der Waals surface area contributed by atoms with E-state index in [4.69, 9.17) is 14.6 Å². The average Bonchev–Trinajstić information content (AvgIpc) is 2.46. The van der Waals surface area contributed by atoms with Crippen molar-refractivity contribution in [3.05, 3.63) is 24.3 Å². The highest BCUT2D eigenvalue weighted by Gasteiger charge is 2.16. The maximum atomic E-state index is 11.9. The van der Waals surface area contributed by atoms with Crippen molar-refractivity contribution in [2.24, 2.45) is 0 Å². The number of benzene rings is 1. The normalized spacial score (nSPS) is 11.5. The van der Waals surface area contributed by atoms with Crippen molar-refractivity contribution in [1.82, 2.24) is 5.32 Å². The van der Waals surface area contributed by atoms with Crippen LogP contribution in [0.25, 0.3) is 0 Å². The number of carboxylic acid groups (broad SMARTS) is 1. The van der Waals surface area contributed by atoms with Crippen LogP contribution >= 0.6 is 0 Å². The summed E-state index contributed by atoms with van der Waals surface area (Å²) in [7, 11) is 0. The molecule has 22 heavy (non-hydrogen) atoms. The number of aliphatic carboxylic acids is 1. The predicted molar refractivity (Wildman–Crippen MR) is 82.2 cm³/mol. The summed E-state index contributed by atoms with van der Waals surface area (Å²) in [5.74, 6) is -0.203. The van der Waals surface area contributed by atoms with E-state index in [2.05, 4.69) is 5.32 Å². The SMILES string of the molecule is CCC[C@H](CC(=O)O)NC(=O)COc1ccccc1OCC. The summed E-state index contributed by atoms with van der Waals surface area (Å²) in [6, 6.07) is 6.73. The van der Waals surface area contributed by atoms with Crippen molar-refractivity contribution < 1.29 is 24.2 Å². The Kier molecular flexibility index (Phi) is 7.81. The fourth-order valence-corrected chi connectivity index (χ4v) is 2.04. The van der Waals surface area contributed by atoms with Crippen LogP contribution in [-0.4, -0.2) is 36.2 Å². The smallest absolute Gasteiger partial charge is 0.305 e. The third-order valence-electron chi connectivity index (χ3n) is 2.93. The number of hydrogen-bond donors (Lipinski definition) is 2. The molecule has 1 aromatic carbocycles. The molecule has 0 aromatic heterocycles. The minimum absolute atomic E-state index is 0.0882. The number of amides is 1. The standard InChI is InChI=1S/C16H23NO5/c1-3-7-12(10-16(19)20)17-15(18)11-22-14-9-6-5-8-13(14)21-4-2/h5-6,8-9,12H,3-4,7,10-11H2,1-2H3,(H,17,18)(H,19,20)/t12-/m1/s1. The second-order valence-electron chi connectivity index (χ2n) is 4.82. The lowest BCUT2D eigenvalue weighted by atomic mass is 10.1. The minimum Gasteiger partial charge on any atom is -0.490 e. The van der Waals surface area contributed by atoms with Crippen LogP contribution < -0.4 is 14.8 Å². The zero-order valence-electron chi connectivity index (χ0n) is 13.0. The number of hydrogen-bond acceptors (Lipinski definition) is 4. The van der Waals surface area contributed by atoms with Crippen LogP contribution in [0.2, 0.25) is 0 Å². The van der Waals surface area contributed by atoms with Gasteiger partial charge in [-0.1, -0.05) is 25.5 Å². The lowest BCUT2D eigenvalue weighted by Crippen LogP contribution is -2.39. The Hall–Kier alpha value is -2.24. The average molecular weight is 309 g/mol. The molecule has 1 rings (SSSR count). The van der Waals surface area contributed by atoms with Gasteiger partial charge in [0.25, 0.3) is 5.91 Å². The third kappa shape index (κ3) is 6.47. The van der Waals surface area contributed by atoms with E-state index in [0.717, 1.165) is 6.42 Å². The highest BCUT2D eigenvalue weighted by molar-refractivity contribution is 5.78. The van der Waals surface area contributed by atoms with Gasteiger partial charge in [0.05, 0.1) is 13.0 Å². The molecule has 0 aliphatic rings.